The molecule has 0 aliphatic carbocycles. The largest absolute Gasteiger partial charge is 0.418 e. The van der Waals surface area contributed by atoms with Crippen LogP contribution < -0.4 is 5.32 Å². The third kappa shape index (κ3) is 3.87. The number of benzene rings is 3. The predicted molar refractivity (Wildman–Crippen MR) is 103 cm³/mol. The molecule has 1 aromatic heterocycles. The van der Waals surface area contributed by atoms with E-state index in [1.54, 1.807) is 12.1 Å². The second-order valence-corrected chi connectivity index (χ2v) is 6.47. The average Bonchev–Trinajstić information content (AvgIpc) is 3.17. The third-order valence-corrected chi connectivity index (χ3v) is 4.44. The van der Waals surface area contributed by atoms with Crippen molar-refractivity contribution >= 4 is 17.3 Å². The maximum atomic E-state index is 13.6. The molecule has 28 heavy (non-hydrogen) atoms. The zero-order chi connectivity index (χ0) is 19.5. The smallest absolute Gasteiger partial charge is 0.247 e. The highest BCUT2D eigenvalue weighted by molar-refractivity contribution is 6.31. The first-order valence-corrected chi connectivity index (χ1v) is 8.84. The van der Waals surface area contributed by atoms with Crippen molar-refractivity contribution in [1.29, 1.82) is 0 Å². The summed E-state index contributed by atoms with van der Waals surface area (Å²) in [4.78, 5) is 0. The summed E-state index contributed by atoms with van der Waals surface area (Å²) in [7, 11) is 0. The summed E-state index contributed by atoms with van der Waals surface area (Å²) >= 11 is 6.25. The summed E-state index contributed by atoms with van der Waals surface area (Å²) in [6.07, 6.45) is 0. The van der Waals surface area contributed by atoms with E-state index in [1.807, 2.05) is 30.3 Å². The molecule has 0 saturated heterocycles. The van der Waals surface area contributed by atoms with Gasteiger partial charge in [0.15, 0.2) is 0 Å². The number of halogens is 3. The van der Waals surface area contributed by atoms with Crippen molar-refractivity contribution in [2.75, 3.05) is 5.32 Å². The van der Waals surface area contributed by atoms with Crippen LogP contribution in [-0.2, 0) is 0 Å². The highest BCUT2D eigenvalue weighted by Gasteiger charge is 2.24. The zero-order valence-electron chi connectivity index (χ0n) is 14.4. The molecule has 0 spiro atoms. The van der Waals surface area contributed by atoms with Gasteiger partial charge in [-0.2, -0.15) is 0 Å². The number of hydrogen-bond acceptors (Lipinski definition) is 4. The van der Waals surface area contributed by atoms with E-state index in [1.165, 1.54) is 30.3 Å². The van der Waals surface area contributed by atoms with Crippen molar-refractivity contribution in [2.45, 2.75) is 6.04 Å². The Balaban J connectivity index is 1.75. The van der Waals surface area contributed by atoms with Crippen molar-refractivity contribution in [3.05, 3.63) is 101 Å². The Kier molecular flexibility index (Phi) is 5.04. The van der Waals surface area contributed by atoms with Crippen molar-refractivity contribution in [1.82, 2.24) is 10.2 Å². The minimum Gasteiger partial charge on any atom is -0.418 e. The SMILES string of the molecule is Fc1cccc(NC(c2nnc(-c3ccccc3)o2)c2ccc(F)cc2Cl)c1. The van der Waals surface area contributed by atoms with Crippen LogP contribution in [0.4, 0.5) is 14.5 Å². The maximum Gasteiger partial charge on any atom is 0.247 e. The van der Waals surface area contributed by atoms with Gasteiger partial charge in [-0.05, 0) is 42.5 Å². The lowest BCUT2D eigenvalue weighted by Crippen LogP contribution is -2.13. The van der Waals surface area contributed by atoms with E-state index in [4.69, 9.17) is 16.0 Å². The molecule has 3 aromatic carbocycles. The van der Waals surface area contributed by atoms with Crippen LogP contribution in [-0.4, -0.2) is 10.2 Å². The molecule has 1 unspecified atom stereocenters. The van der Waals surface area contributed by atoms with Crippen LogP contribution in [0.15, 0.2) is 77.2 Å². The Morgan fingerprint density at radius 2 is 1.64 bits per heavy atom. The Hall–Kier alpha value is -3.25. The molecule has 1 heterocycles. The fourth-order valence-corrected chi connectivity index (χ4v) is 3.08. The standard InChI is InChI=1S/C21H14ClF2N3O/c22-18-12-15(24)9-10-17(18)19(25-16-8-4-7-14(23)11-16)21-27-26-20(28-21)13-5-2-1-3-6-13/h1-12,19,25H. The molecule has 0 saturated carbocycles. The van der Waals surface area contributed by atoms with E-state index in [-0.39, 0.29) is 10.9 Å². The molecule has 0 aliphatic rings. The molecule has 4 aromatic rings. The van der Waals surface area contributed by atoms with Gasteiger partial charge >= 0.3 is 0 Å². The van der Waals surface area contributed by atoms with Gasteiger partial charge in [0.1, 0.15) is 17.7 Å². The molecule has 0 aliphatic heterocycles. The van der Waals surface area contributed by atoms with Gasteiger partial charge < -0.3 is 9.73 Å². The van der Waals surface area contributed by atoms with Gasteiger partial charge in [0.05, 0.1) is 0 Å². The topological polar surface area (TPSA) is 51.0 Å². The number of anilines is 1. The van der Waals surface area contributed by atoms with E-state index < -0.39 is 17.7 Å². The third-order valence-electron chi connectivity index (χ3n) is 4.12. The minimum atomic E-state index is -0.695. The lowest BCUT2D eigenvalue weighted by Gasteiger charge is -2.18. The molecule has 0 bridgehead atoms. The van der Waals surface area contributed by atoms with Gasteiger partial charge in [0.2, 0.25) is 11.8 Å². The summed E-state index contributed by atoms with van der Waals surface area (Å²) < 4.78 is 33.0. The fraction of sp³-hybridized carbons (Fsp3) is 0.0476. The van der Waals surface area contributed by atoms with Gasteiger partial charge in [0.25, 0.3) is 0 Å². The quantitative estimate of drug-likeness (QED) is 0.457. The predicted octanol–water partition coefficient (Wildman–Crippen LogP) is 5.87. The zero-order valence-corrected chi connectivity index (χ0v) is 15.2. The van der Waals surface area contributed by atoms with Gasteiger partial charge in [0, 0.05) is 21.8 Å². The number of aromatic nitrogens is 2. The first-order chi connectivity index (χ1) is 13.6. The molecular weight excluding hydrogens is 384 g/mol. The Bertz CT molecular complexity index is 1100. The Morgan fingerprint density at radius 3 is 2.39 bits per heavy atom. The number of nitrogens with zero attached hydrogens (tertiary/aromatic N) is 2. The molecule has 1 atom stereocenters. The minimum absolute atomic E-state index is 0.188. The van der Waals surface area contributed by atoms with Crippen molar-refractivity contribution in [2.24, 2.45) is 0 Å². The molecule has 0 fully saturated rings. The van der Waals surface area contributed by atoms with E-state index >= 15 is 0 Å². The molecule has 140 valence electrons. The second-order valence-electron chi connectivity index (χ2n) is 6.07. The summed E-state index contributed by atoms with van der Waals surface area (Å²) in [5.41, 5.74) is 1.77. The van der Waals surface area contributed by atoms with Crippen molar-refractivity contribution in [3.8, 4) is 11.5 Å². The molecular formula is C21H14ClF2N3O. The lowest BCUT2D eigenvalue weighted by molar-refractivity contribution is 0.493. The highest BCUT2D eigenvalue weighted by Crippen LogP contribution is 2.33. The van der Waals surface area contributed by atoms with Crippen LogP contribution in [0.2, 0.25) is 5.02 Å². The monoisotopic (exact) mass is 397 g/mol. The van der Waals surface area contributed by atoms with E-state index in [0.717, 1.165) is 5.56 Å². The first-order valence-electron chi connectivity index (χ1n) is 8.46. The summed E-state index contributed by atoms with van der Waals surface area (Å²) in [6, 6.07) is 18.6. The van der Waals surface area contributed by atoms with Gasteiger partial charge in [-0.3, -0.25) is 0 Å². The highest BCUT2D eigenvalue weighted by atomic mass is 35.5. The normalized spacial score (nSPS) is 12.0. The number of hydrogen-bond donors (Lipinski definition) is 1. The fourth-order valence-electron chi connectivity index (χ4n) is 2.80. The average molecular weight is 398 g/mol. The second kappa shape index (κ2) is 7.78. The van der Waals surface area contributed by atoms with Crippen LogP contribution in [0.3, 0.4) is 0 Å². The van der Waals surface area contributed by atoms with E-state index in [2.05, 4.69) is 15.5 Å². The molecule has 1 N–H and O–H groups in total. The number of nitrogens with one attached hydrogen (secondary N) is 1. The van der Waals surface area contributed by atoms with Crippen LogP contribution in [0.25, 0.3) is 11.5 Å². The maximum absolute atomic E-state index is 13.6. The molecule has 0 amide bonds. The van der Waals surface area contributed by atoms with Gasteiger partial charge in [-0.25, -0.2) is 8.78 Å². The van der Waals surface area contributed by atoms with Crippen LogP contribution in [0.1, 0.15) is 17.5 Å². The lowest BCUT2D eigenvalue weighted by atomic mass is 10.1. The summed E-state index contributed by atoms with van der Waals surface area (Å²) in [5.74, 6) is -0.310. The molecule has 4 nitrogen and oxygen atoms in total. The molecule has 0 radical (unpaired) electrons. The Labute approximate surface area is 164 Å². The molecule has 4 rings (SSSR count). The van der Waals surface area contributed by atoms with Crippen LogP contribution in [0, 0.1) is 11.6 Å². The number of rotatable bonds is 5. The Morgan fingerprint density at radius 1 is 0.857 bits per heavy atom. The van der Waals surface area contributed by atoms with Crippen molar-refractivity contribution in [3.63, 3.8) is 0 Å². The van der Waals surface area contributed by atoms with Gasteiger partial charge in [-0.1, -0.05) is 41.9 Å². The van der Waals surface area contributed by atoms with E-state index in [9.17, 15) is 8.78 Å². The van der Waals surface area contributed by atoms with Gasteiger partial charge in [-0.15, -0.1) is 10.2 Å². The van der Waals surface area contributed by atoms with E-state index in [0.29, 0.717) is 17.1 Å². The first kappa shape index (κ1) is 18.1. The van der Waals surface area contributed by atoms with Crippen LogP contribution >= 0.6 is 11.6 Å². The van der Waals surface area contributed by atoms with Crippen molar-refractivity contribution < 1.29 is 13.2 Å². The summed E-state index contributed by atoms with van der Waals surface area (Å²) in [5, 5.41) is 11.5. The molecule has 7 heteroatoms. The summed E-state index contributed by atoms with van der Waals surface area (Å²) in [6.45, 7) is 0. The van der Waals surface area contributed by atoms with Crippen LogP contribution in [0.5, 0.6) is 0 Å².